The van der Waals surface area contributed by atoms with Gasteiger partial charge in [0.05, 0.1) is 17.5 Å². The Bertz CT molecular complexity index is 1550. The molecule has 2 aliphatic rings. The highest BCUT2D eigenvalue weighted by molar-refractivity contribution is 5.90. The summed E-state index contributed by atoms with van der Waals surface area (Å²) in [5.41, 5.74) is 4.34. The molecule has 6 nitrogen and oxygen atoms in total. The molecule has 9 heteroatoms. The van der Waals surface area contributed by atoms with Crippen LogP contribution in [0.3, 0.4) is 0 Å². The largest absolute Gasteiger partial charge is 0.390 e. The highest BCUT2D eigenvalue weighted by atomic mass is 19.2. The third-order valence-corrected chi connectivity index (χ3v) is 11.1. The molecule has 264 valence electrons. The first-order chi connectivity index (χ1) is 22.6. The van der Waals surface area contributed by atoms with E-state index >= 15 is 0 Å². The van der Waals surface area contributed by atoms with Crippen molar-refractivity contribution < 1.29 is 23.1 Å². The molecule has 0 amide bonds. The molecule has 2 aromatic rings. The second-order valence-corrected chi connectivity index (χ2v) is 15.4. The predicted octanol–water partition coefficient (Wildman–Crippen LogP) is 10.4. The van der Waals surface area contributed by atoms with Crippen molar-refractivity contribution in [2.24, 2.45) is 27.8 Å². The number of oxime groups is 1. The lowest BCUT2D eigenvalue weighted by Gasteiger charge is -2.61. The van der Waals surface area contributed by atoms with Crippen LogP contribution in [0.1, 0.15) is 125 Å². The zero-order valence-electron chi connectivity index (χ0n) is 30.2. The van der Waals surface area contributed by atoms with Crippen LogP contribution in [0.25, 0.3) is 5.69 Å². The van der Waals surface area contributed by atoms with Crippen molar-refractivity contribution in [2.75, 3.05) is 0 Å². The van der Waals surface area contributed by atoms with Crippen molar-refractivity contribution in [3.8, 4) is 5.69 Å². The molecule has 1 heterocycles. The summed E-state index contributed by atoms with van der Waals surface area (Å²) < 4.78 is 42.3. The highest BCUT2D eigenvalue weighted by Crippen LogP contribution is 2.62. The van der Waals surface area contributed by atoms with Crippen LogP contribution in [0.4, 0.5) is 13.2 Å². The molecule has 0 bridgehead atoms. The maximum absolute atomic E-state index is 14.2. The Labute approximate surface area is 285 Å². The molecule has 4 atom stereocenters. The lowest BCUT2D eigenvalue weighted by Crippen LogP contribution is -2.59. The summed E-state index contributed by atoms with van der Waals surface area (Å²) in [7, 11) is 0. The fraction of sp³-hybridized carbons (Fsp3) is 0.615. The van der Waals surface area contributed by atoms with E-state index in [9.17, 15) is 18.3 Å². The molecule has 0 spiro atoms. The molecule has 0 aliphatic heterocycles. The number of rotatable bonds is 13. The molecule has 2 saturated carbocycles. The van der Waals surface area contributed by atoms with Gasteiger partial charge in [0.25, 0.3) is 0 Å². The molecule has 2 aliphatic carbocycles. The number of hydrogen-bond donors (Lipinski definition) is 1. The highest BCUT2D eigenvalue weighted by Gasteiger charge is 2.59. The van der Waals surface area contributed by atoms with E-state index in [1.165, 1.54) is 22.9 Å². The molecular formula is C39H55F3N4O2. The van der Waals surface area contributed by atoms with Crippen molar-refractivity contribution in [3.05, 3.63) is 76.4 Å². The average molecular weight is 669 g/mol. The molecule has 0 unspecified atom stereocenters. The van der Waals surface area contributed by atoms with Gasteiger partial charge >= 0.3 is 0 Å². The van der Waals surface area contributed by atoms with E-state index in [1.54, 1.807) is 0 Å². The van der Waals surface area contributed by atoms with Crippen LogP contribution in [0.15, 0.2) is 58.4 Å². The van der Waals surface area contributed by atoms with Gasteiger partial charge in [0.1, 0.15) is 11.4 Å². The standard InChI is InChI=1S/C39H55F3N4O2/c1-26(2)12-9-13-27(3)14-10-15-28(4)16-11-17-33-38(7)22-21-34(37(5,6)32(38)20-23-39(33,8)47)44-48-25-29-24-46(45-43-29)31-19-18-30(40)35(41)36(31)42/h12,14,16,18-19,24,32-33,47H,9-11,13,15,17,20-23,25H2,1-8H3/b27-14+,28-16+,44-34+/t32-,33+,38-,39+/m0/s1. The monoisotopic (exact) mass is 668 g/mol. The lowest BCUT2D eigenvalue weighted by molar-refractivity contribution is -0.150. The van der Waals surface area contributed by atoms with Crippen molar-refractivity contribution in [1.82, 2.24) is 15.0 Å². The summed E-state index contributed by atoms with van der Waals surface area (Å²) in [4.78, 5) is 5.74. The van der Waals surface area contributed by atoms with E-state index in [2.05, 4.69) is 82.2 Å². The molecule has 2 fully saturated rings. The van der Waals surface area contributed by atoms with Crippen molar-refractivity contribution in [3.63, 3.8) is 0 Å². The van der Waals surface area contributed by atoms with Gasteiger partial charge in [0.2, 0.25) is 0 Å². The van der Waals surface area contributed by atoms with E-state index in [-0.39, 0.29) is 29.0 Å². The SMILES string of the molecule is CC(C)=CCC/C(C)=C/CC/C(C)=C/CC[C@@H]1[C@@]2(C)CC/C(=N\OCc3cn(-c4ccc(F)c(F)c4F)nn3)C(C)(C)[C@@H]2CC[C@@]1(C)O. The molecule has 1 aromatic heterocycles. The van der Waals surface area contributed by atoms with Crippen LogP contribution in [-0.2, 0) is 11.4 Å². The fourth-order valence-corrected chi connectivity index (χ4v) is 8.33. The van der Waals surface area contributed by atoms with Gasteiger partial charge in [-0.1, -0.05) is 66.1 Å². The van der Waals surface area contributed by atoms with E-state index in [0.29, 0.717) is 11.6 Å². The van der Waals surface area contributed by atoms with E-state index in [4.69, 9.17) is 4.84 Å². The van der Waals surface area contributed by atoms with Crippen LogP contribution in [-0.4, -0.2) is 31.4 Å². The lowest BCUT2D eigenvalue weighted by atomic mass is 9.44. The topological polar surface area (TPSA) is 72.5 Å². The molecule has 1 N–H and O–H groups in total. The summed E-state index contributed by atoms with van der Waals surface area (Å²) >= 11 is 0. The van der Waals surface area contributed by atoms with Gasteiger partial charge in [0, 0.05) is 5.41 Å². The Morgan fingerprint density at radius 3 is 2.31 bits per heavy atom. The van der Waals surface area contributed by atoms with Gasteiger partial charge in [-0.3, -0.25) is 0 Å². The Morgan fingerprint density at radius 2 is 1.62 bits per heavy atom. The van der Waals surface area contributed by atoms with E-state index in [1.807, 2.05) is 6.92 Å². The first kappa shape index (κ1) is 37.6. The number of hydrogen-bond acceptors (Lipinski definition) is 5. The summed E-state index contributed by atoms with van der Waals surface area (Å²) in [6, 6.07) is 1.95. The molecular weight excluding hydrogens is 613 g/mol. The van der Waals surface area contributed by atoms with Crippen LogP contribution in [0.2, 0.25) is 0 Å². The van der Waals surface area contributed by atoms with E-state index in [0.717, 1.165) is 86.7 Å². The second-order valence-electron chi connectivity index (χ2n) is 15.4. The van der Waals surface area contributed by atoms with Gasteiger partial charge in [-0.25, -0.2) is 17.9 Å². The summed E-state index contributed by atoms with van der Waals surface area (Å²) in [6.07, 6.45) is 18.0. The summed E-state index contributed by atoms with van der Waals surface area (Å²) in [5, 5.41) is 24.1. The van der Waals surface area contributed by atoms with Crippen LogP contribution in [0, 0.1) is 40.1 Å². The number of fused-ring (bicyclic) bond motifs is 1. The smallest absolute Gasteiger partial charge is 0.196 e. The third kappa shape index (κ3) is 8.68. The first-order valence-corrected chi connectivity index (χ1v) is 17.5. The molecule has 0 radical (unpaired) electrons. The summed E-state index contributed by atoms with van der Waals surface area (Å²) in [5.74, 6) is -3.67. The molecule has 4 rings (SSSR count). The Balaban J connectivity index is 1.36. The van der Waals surface area contributed by atoms with Gasteiger partial charge in [-0.2, -0.15) is 0 Å². The van der Waals surface area contributed by atoms with Gasteiger partial charge in [-0.05, 0) is 128 Å². The van der Waals surface area contributed by atoms with Crippen LogP contribution >= 0.6 is 0 Å². The first-order valence-electron chi connectivity index (χ1n) is 17.5. The average Bonchev–Trinajstić information content (AvgIpc) is 3.46. The fourth-order valence-electron chi connectivity index (χ4n) is 8.33. The van der Waals surface area contributed by atoms with E-state index < -0.39 is 23.1 Å². The van der Waals surface area contributed by atoms with Crippen molar-refractivity contribution >= 4 is 5.71 Å². The maximum Gasteiger partial charge on any atom is 0.196 e. The minimum atomic E-state index is -1.56. The molecule has 48 heavy (non-hydrogen) atoms. The number of allylic oxidation sites excluding steroid dienone is 6. The number of aromatic nitrogens is 3. The number of halogens is 3. The predicted molar refractivity (Wildman–Crippen MR) is 186 cm³/mol. The Morgan fingerprint density at radius 1 is 0.958 bits per heavy atom. The summed E-state index contributed by atoms with van der Waals surface area (Å²) in [6.45, 7) is 17.6. The normalized spacial score (nSPS) is 26.8. The number of nitrogens with zero attached hydrogens (tertiary/aromatic N) is 4. The Kier molecular flexibility index (Phi) is 12.2. The van der Waals surface area contributed by atoms with Gasteiger partial charge < -0.3 is 9.94 Å². The molecule has 1 aromatic carbocycles. The zero-order valence-corrected chi connectivity index (χ0v) is 30.2. The van der Waals surface area contributed by atoms with Crippen LogP contribution < -0.4 is 0 Å². The van der Waals surface area contributed by atoms with Crippen molar-refractivity contribution in [2.45, 2.75) is 132 Å². The Hall–Kier alpha value is -3.20. The van der Waals surface area contributed by atoms with Crippen LogP contribution in [0.5, 0.6) is 0 Å². The zero-order chi connectivity index (χ0) is 35.3. The maximum atomic E-state index is 14.2. The minimum absolute atomic E-state index is 0.00108. The minimum Gasteiger partial charge on any atom is -0.390 e. The third-order valence-electron chi connectivity index (χ3n) is 11.1. The van der Waals surface area contributed by atoms with Gasteiger partial charge in [-0.15, -0.1) is 5.10 Å². The van der Waals surface area contributed by atoms with Crippen molar-refractivity contribution in [1.29, 1.82) is 0 Å². The second kappa shape index (κ2) is 15.6. The number of aliphatic hydroxyl groups is 1. The molecule has 0 saturated heterocycles. The van der Waals surface area contributed by atoms with Gasteiger partial charge in [0.15, 0.2) is 24.1 Å². The quantitative estimate of drug-likeness (QED) is 0.131. The number of benzene rings is 1.